The van der Waals surface area contributed by atoms with E-state index in [2.05, 4.69) is 10.6 Å². The fourth-order valence-corrected chi connectivity index (χ4v) is 5.38. The van der Waals surface area contributed by atoms with Crippen LogP contribution in [0.4, 0.5) is 11.4 Å². The molecule has 0 aliphatic carbocycles. The second-order valence-corrected chi connectivity index (χ2v) is 9.89. The molecule has 2 heterocycles. The normalized spacial score (nSPS) is 23.6. The van der Waals surface area contributed by atoms with Crippen LogP contribution in [0.2, 0.25) is 0 Å². The van der Waals surface area contributed by atoms with E-state index in [0.717, 1.165) is 0 Å². The van der Waals surface area contributed by atoms with Gasteiger partial charge in [-0.25, -0.2) is 8.42 Å². The van der Waals surface area contributed by atoms with Gasteiger partial charge in [-0.3, -0.25) is 9.59 Å². The summed E-state index contributed by atoms with van der Waals surface area (Å²) >= 11 is 0. The summed E-state index contributed by atoms with van der Waals surface area (Å²) < 4.78 is 38.5. The van der Waals surface area contributed by atoms with Crippen LogP contribution in [0.3, 0.4) is 0 Å². The van der Waals surface area contributed by atoms with Crippen LogP contribution in [-0.4, -0.2) is 55.9 Å². The van der Waals surface area contributed by atoms with Crippen LogP contribution in [0.15, 0.2) is 53.4 Å². The molecule has 4 rings (SSSR count). The van der Waals surface area contributed by atoms with E-state index in [1.807, 2.05) is 13.8 Å². The average molecular weight is 460 g/mol. The number of fused-ring (bicyclic) bond motifs is 1. The van der Waals surface area contributed by atoms with Crippen molar-refractivity contribution in [2.45, 2.75) is 43.5 Å². The smallest absolute Gasteiger partial charge is 0.266 e. The molecule has 0 bridgehead atoms. The molecule has 32 heavy (non-hydrogen) atoms. The molecule has 10 heteroatoms. The number of morpholine rings is 1. The number of hydrogen-bond donors (Lipinski definition) is 2. The van der Waals surface area contributed by atoms with Crippen molar-refractivity contribution in [3.8, 4) is 5.75 Å². The standard InChI is InChI=1S/C22H25N3O6S/c1-14-12-25(13-15(2)30-14)32(28,29)17-9-7-16(8-10-17)23-21(26)11-20-22(27)24-18-5-3-4-6-19(18)31-20/h3-10,14-15,20H,11-13H2,1-2H3,(H,23,26)(H,24,27)/t14-,15+,20-/m0/s1. The Bertz CT molecular complexity index is 1110. The lowest BCUT2D eigenvalue weighted by atomic mass is 10.1. The number of hydrogen-bond acceptors (Lipinski definition) is 6. The maximum absolute atomic E-state index is 12.9. The van der Waals surface area contributed by atoms with Gasteiger partial charge in [-0.15, -0.1) is 0 Å². The number of amides is 2. The Balaban J connectivity index is 1.38. The number of rotatable bonds is 5. The molecule has 2 amide bonds. The van der Waals surface area contributed by atoms with Gasteiger partial charge in [0.15, 0.2) is 6.10 Å². The molecule has 1 saturated heterocycles. The Morgan fingerprint density at radius 1 is 1.09 bits per heavy atom. The molecule has 9 nitrogen and oxygen atoms in total. The maximum atomic E-state index is 12.9. The van der Waals surface area contributed by atoms with E-state index >= 15 is 0 Å². The summed E-state index contributed by atoms with van der Waals surface area (Å²) in [5.41, 5.74) is 0.990. The first-order valence-electron chi connectivity index (χ1n) is 10.3. The van der Waals surface area contributed by atoms with Crippen molar-refractivity contribution in [1.29, 1.82) is 0 Å². The van der Waals surface area contributed by atoms with Crippen LogP contribution < -0.4 is 15.4 Å². The number of para-hydroxylation sites is 2. The fraction of sp³-hybridized carbons (Fsp3) is 0.364. The lowest BCUT2D eigenvalue weighted by Crippen LogP contribution is -2.48. The van der Waals surface area contributed by atoms with Crippen LogP contribution >= 0.6 is 0 Å². The molecule has 0 radical (unpaired) electrons. The average Bonchev–Trinajstić information content (AvgIpc) is 2.74. The monoisotopic (exact) mass is 459 g/mol. The van der Waals surface area contributed by atoms with Gasteiger partial charge in [-0.2, -0.15) is 4.31 Å². The Morgan fingerprint density at radius 3 is 2.44 bits per heavy atom. The minimum atomic E-state index is -3.66. The fourth-order valence-electron chi connectivity index (χ4n) is 3.79. The van der Waals surface area contributed by atoms with Gasteiger partial charge in [0.2, 0.25) is 15.9 Å². The molecular formula is C22H25N3O6S. The summed E-state index contributed by atoms with van der Waals surface area (Å²) in [6, 6.07) is 12.9. The SMILES string of the molecule is C[C@@H]1CN(S(=O)(=O)c2ccc(NC(=O)C[C@@H]3Oc4ccccc4NC3=O)cc2)C[C@H](C)O1. The van der Waals surface area contributed by atoms with Gasteiger partial charge in [0.05, 0.1) is 29.2 Å². The highest BCUT2D eigenvalue weighted by molar-refractivity contribution is 7.89. The van der Waals surface area contributed by atoms with Crippen molar-refractivity contribution < 1.29 is 27.5 Å². The zero-order valence-electron chi connectivity index (χ0n) is 17.8. The first-order valence-corrected chi connectivity index (χ1v) is 11.8. The highest BCUT2D eigenvalue weighted by Gasteiger charge is 2.32. The number of anilines is 2. The van der Waals surface area contributed by atoms with E-state index in [-0.39, 0.29) is 36.6 Å². The molecule has 2 aliphatic heterocycles. The van der Waals surface area contributed by atoms with Crippen molar-refractivity contribution in [2.24, 2.45) is 0 Å². The number of nitrogens with zero attached hydrogens (tertiary/aromatic N) is 1. The molecule has 0 unspecified atom stereocenters. The first kappa shape index (κ1) is 22.3. The lowest BCUT2D eigenvalue weighted by Gasteiger charge is -2.34. The van der Waals surface area contributed by atoms with Gasteiger partial charge in [0.25, 0.3) is 5.91 Å². The Morgan fingerprint density at radius 2 is 1.75 bits per heavy atom. The van der Waals surface area contributed by atoms with Gasteiger partial charge in [-0.1, -0.05) is 12.1 Å². The van der Waals surface area contributed by atoms with Crippen LogP contribution in [0.5, 0.6) is 5.75 Å². The molecule has 0 spiro atoms. The molecule has 1 fully saturated rings. The van der Waals surface area contributed by atoms with E-state index in [9.17, 15) is 18.0 Å². The predicted octanol–water partition coefficient (Wildman–Crippen LogP) is 2.21. The van der Waals surface area contributed by atoms with E-state index in [1.165, 1.54) is 28.6 Å². The van der Waals surface area contributed by atoms with Crippen molar-refractivity contribution in [3.63, 3.8) is 0 Å². The van der Waals surface area contributed by atoms with Crippen molar-refractivity contribution in [2.75, 3.05) is 23.7 Å². The number of ether oxygens (including phenoxy) is 2. The maximum Gasteiger partial charge on any atom is 0.266 e. The van der Waals surface area contributed by atoms with Crippen LogP contribution in [0.25, 0.3) is 0 Å². The number of carbonyl (C=O) groups excluding carboxylic acids is 2. The summed E-state index contributed by atoms with van der Waals surface area (Å²) in [6.45, 7) is 4.26. The van der Waals surface area contributed by atoms with E-state index in [1.54, 1.807) is 24.3 Å². The molecule has 2 aliphatic rings. The topological polar surface area (TPSA) is 114 Å². The number of nitrogens with one attached hydrogen (secondary N) is 2. The third-order valence-corrected chi connectivity index (χ3v) is 7.09. The van der Waals surface area contributed by atoms with Gasteiger partial charge in [0, 0.05) is 18.8 Å². The van der Waals surface area contributed by atoms with Gasteiger partial charge < -0.3 is 20.1 Å². The summed E-state index contributed by atoms with van der Waals surface area (Å²) in [4.78, 5) is 24.8. The van der Waals surface area contributed by atoms with Crippen molar-refractivity contribution in [1.82, 2.24) is 4.31 Å². The van der Waals surface area contributed by atoms with Gasteiger partial charge in [0.1, 0.15) is 5.75 Å². The van der Waals surface area contributed by atoms with Crippen LogP contribution in [0, 0.1) is 0 Å². The summed E-state index contributed by atoms with van der Waals surface area (Å²) in [6.07, 6.45) is -1.49. The molecule has 170 valence electrons. The molecule has 3 atom stereocenters. The zero-order valence-corrected chi connectivity index (χ0v) is 18.6. The molecule has 0 aromatic heterocycles. The van der Waals surface area contributed by atoms with Crippen LogP contribution in [-0.2, 0) is 24.3 Å². The number of sulfonamides is 1. The third kappa shape index (κ3) is 4.77. The molecular weight excluding hydrogens is 434 g/mol. The molecule has 2 N–H and O–H groups in total. The summed E-state index contributed by atoms with van der Waals surface area (Å²) in [7, 11) is -3.66. The zero-order chi connectivity index (χ0) is 22.9. The molecule has 2 aromatic rings. The Hall–Kier alpha value is -2.95. The quantitative estimate of drug-likeness (QED) is 0.709. The van der Waals surface area contributed by atoms with E-state index in [0.29, 0.717) is 17.1 Å². The summed E-state index contributed by atoms with van der Waals surface area (Å²) in [5.74, 6) is -0.309. The van der Waals surface area contributed by atoms with Gasteiger partial charge >= 0.3 is 0 Å². The minimum absolute atomic E-state index is 0.142. The summed E-state index contributed by atoms with van der Waals surface area (Å²) in [5, 5.41) is 5.40. The third-order valence-electron chi connectivity index (χ3n) is 5.24. The number of carbonyl (C=O) groups is 2. The second kappa shape index (κ2) is 8.89. The lowest BCUT2D eigenvalue weighted by molar-refractivity contribution is -0.128. The predicted molar refractivity (Wildman–Crippen MR) is 118 cm³/mol. The van der Waals surface area contributed by atoms with E-state index in [4.69, 9.17) is 9.47 Å². The van der Waals surface area contributed by atoms with E-state index < -0.39 is 27.9 Å². The highest BCUT2D eigenvalue weighted by Crippen LogP contribution is 2.30. The largest absolute Gasteiger partial charge is 0.478 e. The number of benzene rings is 2. The van der Waals surface area contributed by atoms with Crippen molar-refractivity contribution in [3.05, 3.63) is 48.5 Å². The van der Waals surface area contributed by atoms with Crippen LogP contribution in [0.1, 0.15) is 20.3 Å². The first-order chi connectivity index (χ1) is 15.2. The minimum Gasteiger partial charge on any atom is -0.478 e. The van der Waals surface area contributed by atoms with Gasteiger partial charge in [-0.05, 0) is 50.2 Å². The highest BCUT2D eigenvalue weighted by atomic mass is 32.2. The molecule has 2 aromatic carbocycles. The Kier molecular flexibility index (Phi) is 6.18. The van der Waals surface area contributed by atoms with Crippen molar-refractivity contribution >= 4 is 33.2 Å². The Labute approximate surface area is 186 Å². The second-order valence-electron chi connectivity index (χ2n) is 7.95. The molecule has 0 saturated carbocycles.